The highest BCUT2D eigenvalue weighted by molar-refractivity contribution is 7.99. The Morgan fingerprint density at radius 1 is 0.880 bits per heavy atom. The number of fused-ring (bicyclic) bond motifs is 2. The molecule has 3 rings (SSSR count). The lowest BCUT2D eigenvalue weighted by Gasteiger charge is -2.44. The standard InChI is InChI=1S/C20H28N4S/c1-19(2,3)22-18(23-20(4,5)6)24-14-9-7-8-10-16(14)25-17-11-12-21-13-15(17)24/h7-13,18,22-23H,1-6H3. The first-order valence-corrected chi connectivity index (χ1v) is 9.51. The number of rotatable bonds is 3. The van der Waals surface area contributed by atoms with E-state index >= 15 is 0 Å². The summed E-state index contributed by atoms with van der Waals surface area (Å²) in [5.74, 6) is 0. The maximum Gasteiger partial charge on any atom is 0.140 e. The molecule has 25 heavy (non-hydrogen) atoms. The van der Waals surface area contributed by atoms with Gasteiger partial charge in [-0.25, -0.2) is 0 Å². The Morgan fingerprint density at radius 2 is 1.48 bits per heavy atom. The van der Waals surface area contributed by atoms with Gasteiger partial charge in [0, 0.05) is 27.1 Å². The lowest BCUT2D eigenvalue weighted by atomic mass is 10.1. The molecule has 0 saturated carbocycles. The molecular formula is C20H28N4S. The zero-order chi connectivity index (χ0) is 18.2. The third-order valence-corrected chi connectivity index (χ3v) is 4.89. The molecule has 2 aromatic rings. The van der Waals surface area contributed by atoms with Gasteiger partial charge in [-0.3, -0.25) is 15.6 Å². The van der Waals surface area contributed by atoms with Gasteiger partial charge in [-0.1, -0.05) is 23.9 Å². The SMILES string of the molecule is CC(C)(C)NC(NC(C)(C)C)N1c2ccccc2Sc2ccncc21. The van der Waals surface area contributed by atoms with Crippen LogP contribution in [0, 0.1) is 0 Å². The summed E-state index contributed by atoms with van der Waals surface area (Å²) < 4.78 is 0. The van der Waals surface area contributed by atoms with Crippen molar-refractivity contribution in [2.75, 3.05) is 4.90 Å². The minimum atomic E-state index is -0.0509. The highest BCUT2D eigenvalue weighted by Crippen LogP contribution is 2.48. The molecule has 0 atom stereocenters. The fraction of sp³-hybridized carbons (Fsp3) is 0.450. The van der Waals surface area contributed by atoms with E-state index in [9.17, 15) is 0 Å². The highest BCUT2D eigenvalue weighted by Gasteiger charge is 2.33. The molecule has 4 nitrogen and oxygen atoms in total. The van der Waals surface area contributed by atoms with E-state index in [1.165, 1.54) is 15.5 Å². The molecule has 0 saturated heterocycles. The lowest BCUT2D eigenvalue weighted by molar-refractivity contribution is 0.264. The predicted molar refractivity (Wildman–Crippen MR) is 107 cm³/mol. The van der Waals surface area contributed by atoms with Crippen LogP contribution >= 0.6 is 11.8 Å². The molecule has 0 amide bonds. The maximum absolute atomic E-state index is 4.39. The van der Waals surface area contributed by atoms with E-state index in [0.717, 1.165) is 5.69 Å². The number of anilines is 2. The van der Waals surface area contributed by atoms with Gasteiger partial charge >= 0.3 is 0 Å². The predicted octanol–water partition coefficient (Wildman–Crippen LogP) is 4.74. The number of pyridine rings is 1. The maximum atomic E-state index is 4.39. The molecule has 1 aliphatic heterocycles. The molecule has 1 aliphatic rings. The van der Waals surface area contributed by atoms with E-state index in [2.05, 4.69) is 92.4 Å². The quantitative estimate of drug-likeness (QED) is 0.777. The van der Waals surface area contributed by atoms with Crippen molar-refractivity contribution in [2.45, 2.75) is 68.7 Å². The van der Waals surface area contributed by atoms with Gasteiger partial charge in [0.05, 0.1) is 17.6 Å². The molecule has 1 aromatic carbocycles. The molecule has 0 spiro atoms. The summed E-state index contributed by atoms with van der Waals surface area (Å²) in [6.07, 6.45) is 3.77. The second kappa shape index (κ2) is 6.63. The Hall–Kier alpha value is -1.56. The Labute approximate surface area is 155 Å². The fourth-order valence-electron chi connectivity index (χ4n) is 2.89. The lowest BCUT2D eigenvalue weighted by Crippen LogP contribution is -2.63. The first-order valence-electron chi connectivity index (χ1n) is 8.70. The molecule has 0 unspecified atom stereocenters. The summed E-state index contributed by atoms with van der Waals surface area (Å²) >= 11 is 1.80. The molecule has 1 aromatic heterocycles. The van der Waals surface area contributed by atoms with Crippen LogP contribution in [0.15, 0.2) is 52.5 Å². The number of benzene rings is 1. The van der Waals surface area contributed by atoms with Crippen LogP contribution in [0.1, 0.15) is 41.5 Å². The number of hydrogen-bond donors (Lipinski definition) is 2. The van der Waals surface area contributed by atoms with Crippen molar-refractivity contribution in [1.29, 1.82) is 0 Å². The minimum absolute atomic E-state index is 0.0369. The van der Waals surface area contributed by atoms with E-state index < -0.39 is 0 Å². The van der Waals surface area contributed by atoms with Crippen LogP contribution in [0.5, 0.6) is 0 Å². The van der Waals surface area contributed by atoms with Crippen LogP contribution in [0.4, 0.5) is 11.4 Å². The summed E-state index contributed by atoms with van der Waals surface area (Å²) in [7, 11) is 0. The van der Waals surface area contributed by atoms with Crippen LogP contribution in [0.25, 0.3) is 0 Å². The summed E-state index contributed by atoms with van der Waals surface area (Å²) in [6, 6.07) is 10.6. The van der Waals surface area contributed by atoms with E-state index in [1.807, 2.05) is 12.4 Å². The van der Waals surface area contributed by atoms with Crippen LogP contribution in [-0.4, -0.2) is 22.4 Å². The van der Waals surface area contributed by atoms with Gasteiger partial charge in [0.1, 0.15) is 6.29 Å². The summed E-state index contributed by atoms with van der Waals surface area (Å²) in [6.45, 7) is 13.2. The van der Waals surface area contributed by atoms with Crippen LogP contribution in [0.3, 0.4) is 0 Å². The molecule has 2 heterocycles. The van der Waals surface area contributed by atoms with Gasteiger partial charge in [0.25, 0.3) is 0 Å². The van der Waals surface area contributed by atoms with Crippen molar-refractivity contribution in [2.24, 2.45) is 0 Å². The monoisotopic (exact) mass is 356 g/mol. The minimum Gasteiger partial charge on any atom is -0.309 e. The third kappa shape index (κ3) is 4.35. The van der Waals surface area contributed by atoms with E-state index in [4.69, 9.17) is 0 Å². The van der Waals surface area contributed by atoms with Gasteiger partial charge < -0.3 is 4.90 Å². The Morgan fingerprint density at radius 3 is 2.12 bits per heavy atom. The topological polar surface area (TPSA) is 40.2 Å². The molecular weight excluding hydrogens is 328 g/mol. The molecule has 2 N–H and O–H groups in total. The molecule has 0 bridgehead atoms. The first kappa shape index (κ1) is 18.2. The van der Waals surface area contributed by atoms with E-state index in [1.54, 1.807) is 11.8 Å². The van der Waals surface area contributed by atoms with E-state index in [-0.39, 0.29) is 17.4 Å². The normalized spacial score (nSPS) is 14.4. The van der Waals surface area contributed by atoms with Crippen molar-refractivity contribution in [3.63, 3.8) is 0 Å². The largest absolute Gasteiger partial charge is 0.309 e. The van der Waals surface area contributed by atoms with Crippen LogP contribution < -0.4 is 15.5 Å². The second-order valence-electron chi connectivity index (χ2n) is 8.47. The molecule has 0 radical (unpaired) electrons. The van der Waals surface area contributed by atoms with Crippen molar-refractivity contribution < 1.29 is 0 Å². The number of aromatic nitrogens is 1. The van der Waals surface area contributed by atoms with Gasteiger partial charge in [0.15, 0.2) is 0 Å². The summed E-state index contributed by atoms with van der Waals surface area (Å²) in [4.78, 5) is 9.21. The van der Waals surface area contributed by atoms with Crippen molar-refractivity contribution in [3.05, 3.63) is 42.7 Å². The Kier molecular flexibility index (Phi) is 4.84. The zero-order valence-corrected chi connectivity index (χ0v) is 16.7. The fourth-order valence-corrected chi connectivity index (χ4v) is 3.93. The Bertz CT molecular complexity index is 684. The van der Waals surface area contributed by atoms with Gasteiger partial charge in [-0.05, 0) is 59.7 Å². The van der Waals surface area contributed by atoms with Crippen molar-refractivity contribution in [1.82, 2.24) is 15.6 Å². The van der Waals surface area contributed by atoms with Crippen LogP contribution in [-0.2, 0) is 0 Å². The average molecular weight is 357 g/mol. The van der Waals surface area contributed by atoms with Crippen LogP contribution in [0.2, 0.25) is 0 Å². The number of para-hydroxylation sites is 1. The van der Waals surface area contributed by atoms with Gasteiger partial charge in [-0.2, -0.15) is 0 Å². The zero-order valence-electron chi connectivity index (χ0n) is 15.9. The Balaban J connectivity index is 2.11. The third-order valence-electron chi connectivity index (χ3n) is 3.76. The van der Waals surface area contributed by atoms with E-state index in [0.29, 0.717) is 0 Å². The summed E-state index contributed by atoms with van der Waals surface area (Å²) in [5, 5.41) is 7.48. The van der Waals surface area contributed by atoms with Crippen molar-refractivity contribution >= 4 is 23.1 Å². The summed E-state index contributed by atoms with van der Waals surface area (Å²) in [5.41, 5.74) is 2.26. The first-order chi connectivity index (χ1) is 11.6. The molecule has 5 heteroatoms. The van der Waals surface area contributed by atoms with Crippen molar-refractivity contribution in [3.8, 4) is 0 Å². The number of nitrogens with zero attached hydrogens (tertiary/aromatic N) is 2. The van der Waals surface area contributed by atoms with Gasteiger partial charge in [-0.15, -0.1) is 0 Å². The second-order valence-corrected chi connectivity index (χ2v) is 9.56. The molecule has 0 aliphatic carbocycles. The highest BCUT2D eigenvalue weighted by atomic mass is 32.2. The molecule has 0 fully saturated rings. The number of hydrogen-bond acceptors (Lipinski definition) is 5. The smallest absolute Gasteiger partial charge is 0.140 e. The molecule has 134 valence electrons. The average Bonchev–Trinajstić information content (AvgIpc) is 2.49. The number of nitrogens with one attached hydrogen (secondary N) is 2. The van der Waals surface area contributed by atoms with Gasteiger partial charge in [0.2, 0.25) is 0 Å².